The van der Waals surface area contributed by atoms with Crippen LogP contribution in [0, 0.1) is 0 Å². The summed E-state index contributed by atoms with van der Waals surface area (Å²) in [7, 11) is 0. The second kappa shape index (κ2) is 3.70. The first-order valence-electron chi connectivity index (χ1n) is 4.79. The molecule has 0 radical (unpaired) electrons. The van der Waals surface area contributed by atoms with Gasteiger partial charge in [0, 0.05) is 5.56 Å². The minimum Gasteiger partial charge on any atom is -0.239 e. The van der Waals surface area contributed by atoms with E-state index in [4.69, 9.17) is 0 Å². The van der Waals surface area contributed by atoms with Crippen molar-refractivity contribution in [1.82, 2.24) is 0 Å². The number of benzene rings is 1. The zero-order chi connectivity index (χ0) is 9.97. The molecule has 0 N–H and O–H groups in total. The Morgan fingerprint density at radius 3 is 2.79 bits per heavy atom. The molecule has 0 amide bonds. The van der Waals surface area contributed by atoms with E-state index in [-0.39, 0.29) is 0 Å². The summed E-state index contributed by atoms with van der Waals surface area (Å²) in [6.45, 7) is 4.83. The number of hydrogen-bond donors (Lipinski definition) is 0. The normalized spacial score (nSPS) is 14.9. The molecule has 0 unspecified atom stereocenters. The smallest absolute Gasteiger partial charge is 0.178 e. The molecular formula is C11H13N3. The number of amidine groups is 1. The summed E-state index contributed by atoms with van der Waals surface area (Å²) in [5.74, 6) is 1.29. The molecule has 0 fully saturated rings. The molecule has 2 rings (SSSR count). The standard InChI is InChI=1S/C11H13N3/c1-8(2)9-4-3-5-10(6-9)11-12-7-13-14-11/h3-6,8H,7H2,1-2H3. The summed E-state index contributed by atoms with van der Waals surface area (Å²) < 4.78 is 0. The van der Waals surface area contributed by atoms with Crippen LogP contribution in [0.4, 0.5) is 0 Å². The molecule has 0 bridgehead atoms. The highest BCUT2D eigenvalue weighted by molar-refractivity contribution is 5.99. The van der Waals surface area contributed by atoms with E-state index in [1.165, 1.54) is 5.56 Å². The molecule has 1 aromatic rings. The van der Waals surface area contributed by atoms with Gasteiger partial charge >= 0.3 is 0 Å². The van der Waals surface area contributed by atoms with Crippen LogP contribution in [-0.2, 0) is 0 Å². The van der Waals surface area contributed by atoms with Crippen molar-refractivity contribution in [1.29, 1.82) is 0 Å². The van der Waals surface area contributed by atoms with E-state index in [2.05, 4.69) is 41.2 Å². The van der Waals surface area contributed by atoms with Gasteiger partial charge in [0.1, 0.15) is 0 Å². The second-order valence-corrected chi connectivity index (χ2v) is 3.64. The van der Waals surface area contributed by atoms with E-state index < -0.39 is 0 Å². The number of rotatable bonds is 2. The molecule has 0 atom stereocenters. The third-order valence-corrected chi connectivity index (χ3v) is 2.26. The SMILES string of the molecule is CC(C)c1cccc(C2=NCN=N2)c1. The van der Waals surface area contributed by atoms with Gasteiger partial charge in [0.15, 0.2) is 12.5 Å². The Balaban J connectivity index is 2.35. The molecule has 1 heterocycles. The van der Waals surface area contributed by atoms with Gasteiger partial charge in [-0.25, -0.2) is 4.99 Å². The number of azo groups is 1. The first-order valence-corrected chi connectivity index (χ1v) is 4.79. The molecule has 0 aliphatic carbocycles. The third-order valence-electron chi connectivity index (χ3n) is 2.26. The van der Waals surface area contributed by atoms with Crippen molar-refractivity contribution >= 4 is 5.84 Å². The van der Waals surface area contributed by atoms with Crippen LogP contribution in [0.15, 0.2) is 39.5 Å². The third kappa shape index (κ3) is 1.71. The van der Waals surface area contributed by atoms with Crippen LogP contribution in [0.5, 0.6) is 0 Å². The quantitative estimate of drug-likeness (QED) is 0.682. The van der Waals surface area contributed by atoms with Gasteiger partial charge in [-0.3, -0.25) is 0 Å². The molecule has 0 spiro atoms. The van der Waals surface area contributed by atoms with Gasteiger partial charge in [0.2, 0.25) is 0 Å². The largest absolute Gasteiger partial charge is 0.239 e. The molecule has 14 heavy (non-hydrogen) atoms. The van der Waals surface area contributed by atoms with Crippen LogP contribution in [0.2, 0.25) is 0 Å². The fraction of sp³-hybridized carbons (Fsp3) is 0.364. The fourth-order valence-corrected chi connectivity index (χ4v) is 1.41. The van der Waals surface area contributed by atoms with Gasteiger partial charge in [-0.2, -0.15) is 5.11 Å². The maximum absolute atomic E-state index is 4.19. The number of hydrogen-bond acceptors (Lipinski definition) is 3. The van der Waals surface area contributed by atoms with Crippen molar-refractivity contribution in [2.75, 3.05) is 6.67 Å². The molecule has 1 aliphatic heterocycles. The zero-order valence-corrected chi connectivity index (χ0v) is 8.44. The first-order chi connectivity index (χ1) is 6.77. The van der Waals surface area contributed by atoms with E-state index in [0.29, 0.717) is 12.6 Å². The summed E-state index contributed by atoms with van der Waals surface area (Å²) in [6, 6.07) is 8.32. The summed E-state index contributed by atoms with van der Waals surface area (Å²) >= 11 is 0. The van der Waals surface area contributed by atoms with Gasteiger partial charge in [-0.05, 0) is 17.5 Å². The summed E-state index contributed by atoms with van der Waals surface area (Å²) in [4.78, 5) is 4.19. The Morgan fingerprint density at radius 1 is 1.29 bits per heavy atom. The lowest BCUT2D eigenvalue weighted by Crippen LogP contribution is -1.96. The van der Waals surface area contributed by atoms with E-state index in [9.17, 15) is 0 Å². The van der Waals surface area contributed by atoms with Crippen molar-refractivity contribution < 1.29 is 0 Å². The summed E-state index contributed by atoms with van der Waals surface area (Å²) in [5.41, 5.74) is 2.38. The predicted molar refractivity (Wildman–Crippen MR) is 56.8 cm³/mol. The van der Waals surface area contributed by atoms with Crippen LogP contribution in [0.25, 0.3) is 0 Å². The lowest BCUT2D eigenvalue weighted by molar-refractivity contribution is 0.866. The average molecular weight is 187 g/mol. The maximum Gasteiger partial charge on any atom is 0.178 e. The van der Waals surface area contributed by atoms with Crippen molar-refractivity contribution in [3.63, 3.8) is 0 Å². The molecule has 3 nitrogen and oxygen atoms in total. The van der Waals surface area contributed by atoms with Crippen molar-refractivity contribution in [3.05, 3.63) is 35.4 Å². The Labute approximate surface area is 83.6 Å². The summed E-state index contributed by atoms with van der Waals surface area (Å²) in [5, 5.41) is 7.82. The van der Waals surface area contributed by atoms with Crippen molar-refractivity contribution in [2.45, 2.75) is 19.8 Å². The van der Waals surface area contributed by atoms with E-state index in [1.54, 1.807) is 0 Å². The molecule has 0 saturated heterocycles. The van der Waals surface area contributed by atoms with Crippen molar-refractivity contribution in [2.24, 2.45) is 15.2 Å². The summed E-state index contributed by atoms with van der Waals surface area (Å²) in [6.07, 6.45) is 0. The zero-order valence-electron chi connectivity index (χ0n) is 8.44. The average Bonchev–Trinajstić information content (AvgIpc) is 2.71. The molecule has 1 aliphatic rings. The minimum atomic E-state index is 0.473. The van der Waals surface area contributed by atoms with E-state index in [0.717, 1.165) is 11.4 Å². The second-order valence-electron chi connectivity index (χ2n) is 3.64. The van der Waals surface area contributed by atoms with Gasteiger partial charge in [-0.15, -0.1) is 5.11 Å². The number of aliphatic imine (C=N–C) groups is 1. The van der Waals surface area contributed by atoms with Gasteiger partial charge < -0.3 is 0 Å². The van der Waals surface area contributed by atoms with E-state index in [1.807, 2.05) is 12.1 Å². The van der Waals surface area contributed by atoms with Crippen molar-refractivity contribution in [3.8, 4) is 0 Å². The maximum atomic E-state index is 4.19. The van der Waals surface area contributed by atoms with Gasteiger partial charge in [0.25, 0.3) is 0 Å². The topological polar surface area (TPSA) is 37.1 Å². The van der Waals surface area contributed by atoms with Crippen LogP contribution < -0.4 is 0 Å². The first kappa shape index (κ1) is 9.06. The lowest BCUT2D eigenvalue weighted by atomic mass is 10.0. The predicted octanol–water partition coefficient (Wildman–Crippen LogP) is 2.98. The Kier molecular flexibility index (Phi) is 2.39. The van der Waals surface area contributed by atoms with Crippen LogP contribution >= 0.6 is 0 Å². The lowest BCUT2D eigenvalue weighted by Gasteiger charge is -2.06. The monoisotopic (exact) mass is 187 g/mol. The van der Waals surface area contributed by atoms with Crippen LogP contribution in [0.3, 0.4) is 0 Å². The molecule has 0 saturated carbocycles. The van der Waals surface area contributed by atoms with Crippen LogP contribution in [-0.4, -0.2) is 12.5 Å². The Bertz CT molecular complexity index is 391. The highest BCUT2D eigenvalue weighted by Crippen LogP contribution is 2.17. The Hall–Kier alpha value is -1.51. The fourth-order valence-electron chi connectivity index (χ4n) is 1.41. The highest BCUT2D eigenvalue weighted by Gasteiger charge is 2.07. The van der Waals surface area contributed by atoms with Crippen LogP contribution in [0.1, 0.15) is 30.9 Å². The molecule has 3 heteroatoms. The molecule has 1 aromatic carbocycles. The van der Waals surface area contributed by atoms with Gasteiger partial charge in [-0.1, -0.05) is 32.0 Å². The number of nitrogens with zero attached hydrogens (tertiary/aromatic N) is 3. The Morgan fingerprint density at radius 2 is 2.14 bits per heavy atom. The highest BCUT2D eigenvalue weighted by atomic mass is 15.2. The minimum absolute atomic E-state index is 0.473. The molecule has 72 valence electrons. The van der Waals surface area contributed by atoms with Gasteiger partial charge in [0.05, 0.1) is 0 Å². The molecular weight excluding hydrogens is 174 g/mol. The molecule has 0 aromatic heterocycles. The van der Waals surface area contributed by atoms with E-state index >= 15 is 0 Å².